The van der Waals surface area contributed by atoms with Crippen molar-refractivity contribution >= 4 is 23.3 Å². The number of rotatable bonds is 6. The lowest BCUT2D eigenvalue weighted by Crippen LogP contribution is -2.48. The Hall–Kier alpha value is -4.14. The normalized spacial score (nSPS) is 17.3. The predicted octanol–water partition coefficient (Wildman–Crippen LogP) is 5.26. The quantitative estimate of drug-likeness (QED) is 0.489. The highest BCUT2D eigenvalue weighted by Crippen LogP contribution is 2.33. The van der Waals surface area contributed by atoms with Crippen LogP contribution in [-0.2, 0) is 4.79 Å². The maximum atomic E-state index is 14.1. The van der Waals surface area contributed by atoms with E-state index in [2.05, 4.69) is 10.6 Å². The van der Waals surface area contributed by atoms with Gasteiger partial charge in [0.1, 0.15) is 11.6 Å². The van der Waals surface area contributed by atoms with Gasteiger partial charge in [0.05, 0.1) is 25.8 Å². The van der Waals surface area contributed by atoms with E-state index in [1.54, 1.807) is 18.2 Å². The molecule has 2 unspecified atom stereocenters. The molecule has 4 rings (SSSR count). The third-order valence-corrected chi connectivity index (χ3v) is 6.20. The lowest BCUT2D eigenvalue weighted by molar-refractivity contribution is -0.121. The topological polar surface area (TPSA) is 79.9 Å². The Labute approximate surface area is 208 Å². The van der Waals surface area contributed by atoms with E-state index < -0.39 is 23.6 Å². The number of likely N-dealkylation sites (tertiary alicyclic amines) is 1. The van der Waals surface area contributed by atoms with Gasteiger partial charge < -0.3 is 25.0 Å². The fourth-order valence-electron chi connectivity index (χ4n) is 4.36. The maximum absolute atomic E-state index is 14.1. The lowest BCUT2D eigenvalue weighted by atomic mass is 9.84. The van der Waals surface area contributed by atoms with Crippen molar-refractivity contribution in [2.45, 2.75) is 12.3 Å². The minimum Gasteiger partial charge on any atom is -0.493 e. The number of anilines is 2. The first-order chi connectivity index (χ1) is 17.4. The Balaban J connectivity index is 1.54. The molecular weight excluding hydrogens is 468 g/mol. The number of carbonyl (C=O) groups is 2. The van der Waals surface area contributed by atoms with Crippen molar-refractivity contribution in [3.05, 3.63) is 83.9 Å². The van der Waals surface area contributed by atoms with Gasteiger partial charge in [0.15, 0.2) is 11.5 Å². The van der Waals surface area contributed by atoms with Gasteiger partial charge in [-0.2, -0.15) is 0 Å². The first kappa shape index (κ1) is 25.0. The van der Waals surface area contributed by atoms with Gasteiger partial charge in [-0.25, -0.2) is 13.6 Å². The summed E-state index contributed by atoms with van der Waals surface area (Å²) in [5, 5.41) is 5.40. The molecular formula is C27H27F2N3O4. The summed E-state index contributed by atoms with van der Waals surface area (Å²) >= 11 is 0. The number of hydrogen-bond donors (Lipinski definition) is 2. The molecule has 1 heterocycles. The van der Waals surface area contributed by atoms with Crippen LogP contribution in [0, 0.1) is 17.6 Å². The number of piperidine rings is 1. The molecule has 1 fully saturated rings. The van der Waals surface area contributed by atoms with E-state index in [4.69, 9.17) is 9.47 Å². The molecule has 3 aromatic rings. The van der Waals surface area contributed by atoms with Gasteiger partial charge in [-0.3, -0.25) is 4.79 Å². The second kappa shape index (κ2) is 11.1. The molecule has 36 heavy (non-hydrogen) atoms. The zero-order chi connectivity index (χ0) is 25.7. The standard InChI is InChI=1S/C27H27F2N3O4/c1-35-24-11-9-21(14-25(24)36-2)30-26(33)19-12-18(17-6-4-3-5-7-17)15-32(16-19)27(34)31-23-10-8-20(28)13-22(23)29/h3-11,13-14,18-19H,12,15-16H2,1-2H3,(H,30,33)(H,31,34). The van der Waals surface area contributed by atoms with Gasteiger partial charge in [0, 0.05) is 36.8 Å². The SMILES string of the molecule is COc1ccc(NC(=O)C2CC(c3ccccc3)CN(C(=O)Nc3ccc(F)cc3F)C2)cc1OC. The van der Waals surface area contributed by atoms with Crippen molar-refractivity contribution in [3.8, 4) is 11.5 Å². The van der Waals surface area contributed by atoms with Crippen LogP contribution in [0.4, 0.5) is 25.0 Å². The zero-order valence-corrected chi connectivity index (χ0v) is 20.0. The van der Waals surface area contributed by atoms with E-state index in [0.717, 1.165) is 11.6 Å². The summed E-state index contributed by atoms with van der Waals surface area (Å²) < 4.78 is 37.9. The number of ether oxygens (including phenoxy) is 2. The van der Waals surface area contributed by atoms with Crippen LogP contribution in [0.5, 0.6) is 11.5 Å². The fourth-order valence-corrected chi connectivity index (χ4v) is 4.36. The average Bonchev–Trinajstić information content (AvgIpc) is 2.90. The van der Waals surface area contributed by atoms with Crippen LogP contribution in [0.15, 0.2) is 66.7 Å². The first-order valence-electron chi connectivity index (χ1n) is 11.5. The summed E-state index contributed by atoms with van der Waals surface area (Å²) in [5.74, 6) is -1.49. The van der Waals surface area contributed by atoms with Crippen molar-refractivity contribution in [1.29, 1.82) is 0 Å². The third-order valence-electron chi connectivity index (χ3n) is 6.20. The number of halogens is 2. The van der Waals surface area contributed by atoms with Gasteiger partial charge in [0.2, 0.25) is 5.91 Å². The average molecular weight is 496 g/mol. The van der Waals surface area contributed by atoms with Crippen molar-refractivity contribution in [3.63, 3.8) is 0 Å². The highest BCUT2D eigenvalue weighted by atomic mass is 19.1. The molecule has 3 aromatic carbocycles. The van der Waals surface area contributed by atoms with Crippen molar-refractivity contribution in [2.24, 2.45) is 5.92 Å². The number of nitrogens with zero attached hydrogens (tertiary/aromatic N) is 1. The largest absolute Gasteiger partial charge is 0.493 e. The number of hydrogen-bond acceptors (Lipinski definition) is 4. The van der Waals surface area contributed by atoms with Crippen LogP contribution in [0.3, 0.4) is 0 Å². The van der Waals surface area contributed by atoms with E-state index in [1.165, 1.54) is 25.2 Å². The molecule has 0 bridgehead atoms. The minimum absolute atomic E-state index is 0.107. The molecule has 2 N–H and O–H groups in total. The number of benzene rings is 3. The highest BCUT2D eigenvalue weighted by Gasteiger charge is 2.35. The molecule has 0 aliphatic carbocycles. The van der Waals surface area contributed by atoms with E-state index in [1.807, 2.05) is 30.3 Å². The Morgan fingerprint density at radius 2 is 1.64 bits per heavy atom. The van der Waals surface area contributed by atoms with E-state index >= 15 is 0 Å². The van der Waals surface area contributed by atoms with Crippen LogP contribution in [0.1, 0.15) is 17.9 Å². The van der Waals surface area contributed by atoms with Gasteiger partial charge in [0.25, 0.3) is 0 Å². The van der Waals surface area contributed by atoms with Crippen LogP contribution >= 0.6 is 0 Å². The van der Waals surface area contributed by atoms with Crippen LogP contribution in [0.25, 0.3) is 0 Å². The number of carbonyl (C=O) groups excluding carboxylic acids is 2. The van der Waals surface area contributed by atoms with Crippen molar-refractivity contribution in [1.82, 2.24) is 4.90 Å². The molecule has 1 aliphatic rings. The molecule has 7 nitrogen and oxygen atoms in total. The Morgan fingerprint density at radius 3 is 2.33 bits per heavy atom. The molecule has 0 saturated carbocycles. The van der Waals surface area contributed by atoms with Crippen LogP contribution in [0.2, 0.25) is 0 Å². The smallest absolute Gasteiger partial charge is 0.321 e. The van der Waals surface area contributed by atoms with E-state index in [0.29, 0.717) is 36.2 Å². The van der Waals surface area contributed by atoms with Crippen molar-refractivity contribution < 1.29 is 27.8 Å². The molecule has 1 aliphatic heterocycles. The summed E-state index contributed by atoms with van der Waals surface area (Å²) in [7, 11) is 3.04. The Bertz CT molecular complexity index is 1240. The van der Waals surface area contributed by atoms with Crippen LogP contribution in [-0.4, -0.2) is 44.1 Å². The lowest BCUT2D eigenvalue weighted by Gasteiger charge is -2.37. The molecule has 9 heteroatoms. The zero-order valence-electron chi connectivity index (χ0n) is 20.0. The van der Waals surface area contributed by atoms with Gasteiger partial charge in [-0.15, -0.1) is 0 Å². The second-order valence-electron chi connectivity index (χ2n) is 8.56. The number of methoxy groups -OCH3 is 2. The van der Waals surface area contributed by atoms with Crippen molar-refractivity contribution in [2.75, 3.05) is 37.9 Å². The summed E-state index contributed by atoms with van der Waals surface area (Å²) in [6.45, 7) is 0.482. The summed E-state index contributed by atoms with van der Waals surface area (Å²) in [6, 6.07) is 17.1. The summed E-state index contributed by atoms with van der Waals surface area (Å²) in [5.41, 5.74) is 1.39. The number of urea groups is 1. The fraction of sp³-hybridized carbons (Fsp3) is 0.259. The second-order valence-corrected chi connectivity index (χ2v) is 8.56. The summed E-state index contributed by atoms with van der Waals surface area (Å²) in [4.78, 5) is 27.8. The number of nitrogens with one attached hydrogen (secondary N) is 2. The third kappa shape index (κ3) is 5.73. The molecule has 3 amide bonds. The Kier molecular flexibility index (Phi) is 7.68. The highest BCUT2D eigenvalue weighted by molar-refractivity contribution is 5.94. The van der Waals surface area contributed by atoms with Crippen LogP contribution < -0.4 is 20.1 Å². The molecule has 188 valence electrons. The van der Waals surface area contributed by atoms with Gasteiger partial charge in [-0.05, 0) is 36.2 Å². The Morgan fingerprint density at radius 1 is 0.889 bits per heavy atom. The molecule has 2 atom stereocenters. The summed E-state index contributed by atoms with van der Waals surface area (Å²) in [6.07, 6.45) is 0.526. The monoisotopic (exact) mass is 495 g/mol. The van der Waals surface area contributed by atoms with Gasteiger partial charge >= 0.3 is 6.03 Å². The minimum atomic E-state index is -0.872. The molecule has 0 spiro atoms. The van der Waals surface area contributed by atoms with Gasteiger partial charge in [-0.1, -0.05) is 30.3 Å². The number of amides is 3. The van der Waals surface area contributed by atoms with E-state index in [-0.39, 0.29) is 24.1 Å². The molecule has 0 aromatic heterocycles. The molecule has 1 saturated heterocycles. The predicted molar refractivity (Wildman–Crippen MR) is 132 cm³/mol. The molecule has 0 radical (unpaired) electrons. The maximum Gasteiger partial charge on any atom is 0.321 e. The van der Waals surface area contributed by atoms with E-state index in [9.17, 15) is 18.4 Å². The first-order valence-corrected chi connectivity index (χ1v) is 11.5.